The molecule has 2 aromatic heterocycles. The number of thiophene rings is 1. The number of rotatable bonds is 3. The molecule has 2 amide bonds. The van der Waals surface area contributed by atoms with Gasteiger partial charge in [-0.05, 0) is 30.0 Å². The van der Waals surface area contributed by atoms with E-state index in [1.165, 1.54) is 11.3 Å². The molecule has 2 aliphatic heterocycles. The third kappa shape index (κ3) is 3.48. The first kappa shape index (κ1) is 17.1. The minimum absolute atomic E-state index is 0.0339. The maximum atomic E-state index is 12.8. The molecule has 4 heterocycles. The predicted octanol–water partition coefficient (Wildman–Crippen LogP) is 1.04. The van der Waals surface area contributed by atoms with E-state index in [4.69, 9.17) is 0 Å². The van der Waals surface area contributed by atoms with Crippen molar-refractivity contribution in [3.63, 3.8) is 0 Å². The van der Waals surface area contributed by atoms with E-state index in [1.807, 2.05) is 44.8 Å². The second-order valence-corrected chi connectivity index (χ2v) is 7.29. The fourth-order valence-corrected chi connectivity index (χ4v) is 4.04. The highest BCUT2D eigenvalue weighted by molar-refractivity contribution is 7.08. The number of pyridine rings is 1. The Balaban J connectivity index is 1.31. The summed E-state index contributed by atoms with van der Waals surface area (Å²) in [6, 6.07) is 7.40. The van der Waals surface area contributed by atoms with Crippen molar-refractivity contribution in [3.05, 3.63) is 52.5 Å². The van der Waals surface area contributed by atoms with Gasteiger partial charge < -0.3 is 9.80 Å². The zero-order valence-corrected chi connectivity index (χ0v) is 15.1. The van der Waals surface area contributed by atoms with Crippen molar-refractivity contribution >= 4 is 23.2 Å². The van der Waals surface area contributed by atoms with Gasteiger partial charge in [0.05, 0.1) is 17.3 Å². The molecule has 0 aliphatic carbocycles. The number of carbonyl (C=O) groups is 2. The normalized spacial score (nSPS) is 23.2. The van der Waals surface area contributed by atoms with Gasteiger partial charge in [0.25, 0.3) is 5.91 Å². The number of piperazine rings is 1. The maximum Gasteiger partial charge on any atom is 0.254 e. The van der Waals surface area contributed by atoms with E-state index >= 15 is 0 Å². The van der Waals surface area contributed by atoms with E-state index in [0.29, 0.717) is 32.6 Å². The summed E-state index contributed by atoms with van der Waals surface area (Å²) >= 11 is 1.52. The topological polar surface area (TPSA) is 77.6 Å². The van der Waals surface area contributed by atoms with Gasteiger partial charge in [-0.1, -0.05) is 6.07 Å². The van der Waals surface area contributed by atoms with Gasteiger partial charge in [-0.3, -0.25) is 14.6 Å². The molecular weight excluding hydrogens is 350 g/mol. The Kier molecular flexibility index (Phi) is 4.96. The molecule has 2 aliphatic rings. The lowest BCUT2D eigenvalue weighted by Crippen LogP contribution is -2.54. The number of nitrogens with one attached hydrogen (secondary N) is 2. The molecule has 8 heteroatoms. The van der Waals surface area contributed by atoms with E-state index in [2.05, 4.69) is 15.8 Å². The number of carbonyl (C=O) groups excluding carboxylic acids is 2. The summed E-state index contributed by atoms with van der Waals surface area (Å²) in [6.45, 7) is 2.29. The summed E-state index contributed by atoms with van der Waals surface area (Å²) in [4.78, 5) is 33.2. The predicted molar refractivity (Wildman–Crippen MR) is 98.5 cm³/mol. The molecule has 2 saturated heterocycles. The molecule has 0 radical (unpaired) electrons. The van der Waals surface area contributed by atoms with Crippen LogP contribution in [0.15, 0.2) is 41.2 Å². The van der Waals surface area contributed by atoms with Crippen LogP contribution in [0.3, 0.4) is 0 Å². The van der Waals surface area contributed by atoms with Gasteiger partial charge in [-0.25, -0.2) is 10.9 Å². The molecule has 0 aromatic carbocycles. The Morgan fingerprint density at radius 1 is 1.08 bits per heavy atom. The lowest BCUT2D eigenvalue weighted by atomic mass is 10.1. The van der Waals surface area contributed by atoms with E-state index in [0.717, 1.165) is 11.3 Å². The van der Waals surface area contributed by atoms with E-state index in [1.54, 1.807) is 6.20 Å². The molecule has 2 aromatic rings. The smallest absolute Gasteiger partial charge is 0.254 e. The van der Waals surface area contributed by atoms with Crippen LogP contribution in [0.1, 0.15) is 28.5 Å². The quantitative estimate of drug-likeness (QED) is 0.843. The van der Waals surface area contributed by atoms with Crippen molar-refractivity contribution in [1.29, 1.82) is 0 Å². The van der Waals surface area contributed by atoms with Gasteiger partial charge in [-0.2, -0.15) is 11.3 Å². The molecule has 2 atom stereocenters. The maximum absolute atomic E-state index is 12.8. The highest BCUT2D eigenvalue weighted by atomic mass is 32.1. The largest absolute Gasteiger partial charge is 0.338 e. The average molecular weight is 371 g/mol. The Morgan fingerprint density at radius 2 is 1.88 bits per heavy atom. The fraction of sp³-hybridized carbons (Fsp3) is 0.389. The summed E-state index contributed by atoms with van der Waals surface area (Å²) in [5, 5.41) is 3.77. The molecule has 26 heavy (non-hydrogen) atoms. The van der Waals surface area contributed by atoms with Gasteiger partial charge in [0, 0.05) is 37.8 Å². The minimum Gasteiger partial charge on any atom is -0.338 e. The zero-order valence-electron chi connectivity index (χ0n) is 14.3. The molecule has 2 N–H and O–H groups in total. The van der Waals surface area contributed by atoms with Gasteiger partial charge in [0.1, 0.15) is 6.04 Å². The lowest BCUT2D eigenvalue weighted by molar-refractivity contribution is -0.134. The monoisotopic (exact) mass is 371 g/mol. The van der Waals surface area contributed by atoms with Crippen molar-refractivity contribution < 1.29 is 9.59 Å². The fourth-order valence-electron chi connectivity index (χ4n) is 3.41. The number of aromatic nitrogens is 1. The SMILES string of the molecule is O=C(c1ccsc1)N1CCN(C(=O)C2CC(c3ccccn3)NN2)CC1. The summed E-state index contributed by atoms with van der Waals surface area (Å²) in [7, 11) is 0. The van der Waals surface area contributed by atoms with Crippen LogP contribution in [0.5, 0.6) is 0 Å². The summed E-state index contributed by atoms with van der Waals surface area (Å²) in [5.41, 5.74) is 7.93. The Morgan fingerprint density at radius 3 is 2.58 bits per heavy atom. The Bertz CT molecular complexity index is 759. The first-order valence-electron chi connectivity index (χ1n) is 8.74. The molecule has 136 valence electrons. The Labute approximate surface area is 156 Å². The third-order valence-corrected chi connectivity index (χ3v) is 5.58. The van der Waals surface area contributed by atoms with Crippen LogP contribution in [0.4, 0.5) is 0 Å². The van der Waals surface area contributed by atoms with Crippen LogP contribution in [0.25, 0.3) is 0 Å². The molecule has 2 fully saturated rings. The highest BCUT2D eigenvalue weighted by Crippen LogP contribution is 2.22. The summed E-state index contributed by atoms with van der Waals surface area (Å²) in [6.07, 6.45) is 2.43. The number of nitrogens with zero attached hydrogens (tertiary/aromatic N) is 3. The van der Waals surface area contributed by atoms with Gasteiger partial charge in [-0.15, -0.1) is 0 Å². The van der Waals surface area contributed by atoms with E-state index < -0.39 is 0 Å². The minimum atomic E-state index is -0.263. The van der Waals surface area contributed by atoms with Crippen molar-refractivity contribution in [2.24, 2.45) is 0 Å². The standard InChI is InChI=1S/C18H21N5O2S/c24-17(13-4-10-26-12-13)22-6-8-23(9-7-22)18(25)16-11-15(20-21-16)14-3-1-2-5-19-14/h1-5,10,12,15-16,20-21H,6-9,11H2. The van der Waals surface area contributed by atoms with Crippen LogP contribution in [0, 0.1) is 0 Å². The third-order valence-electron chi connectivity index (χ3n) is 4.89. The number of hydrazine groups is 1. The number of amides is 2. The second kappa shape index (κ2) is 7.53. The number of hydrogen-bond donors (Lipinski definition) is 2. The zero-order chi connectivity index (χ0) is 17.9. The van der Waals surface area contributed by atoms with E-state index in [-0.39, 0.29) is 23.9 Å². The molecule has 0 spiro atoms. The van der Waals surface area contributed by atoms with Crippen molar-refractivity contribution in [3.8, 4) is 0 Å². The molecule has 2 unspecified atom stereocenters. The molecule has 0 bridgehead atoms. The molecule has 0 saturated carbocycles. The van der Waals surface area contributed by atoms with Gasteiger partial charge >= 0.3 is 0 Å². The first-order valence-corrected chi connectivity index (χ1v) is 9.69. The lowest BCUT2D eigenvalue weighted by Gasteiger charge is -2.35. The molecule has 7 nitrogen and oxygen atoms in total. The number of hydrogen-bond acceptors (Lipinski definition) is 6. The van der Waals surface area contributed by atoms with Gasteiger partial charge in [0.2, 0.25) is 5.91 Å². The van der Waals surface area contributed by atoms with Crippen LogP contribution in [0.2, 0.25) is 0 Å². The highest BCUT2D eigenvalue weighted by Gasteiger charge is 2.35. The van der Waals surface area contributed by atoms with Gasteiger partial charge in [0.15, 0.2) is 0 Å². The van der Waals surface area contributed by atoms with Crippen LogP contribution in [-0.2, 0) is 4.79 Å². The molecular formula is C18H21N5O2S. The van der Waals surface area contributed by atoms with Crippen LogP contribution >= 0.6 is 11.3 Å². The molecule has 4 rings (SSSR count). The average Bonchev–Trinajstić information content (AvgIpc) is 3.40. The van der Waals surface area contributed by atoms with Crippen LogP contribution in [-0.4, -0.2) is 58.8 Å². The summed E-state index contributed by atoms with van der Waals surface area (Å²) in [5.74, 6) is 0.132. The van der Waals surface area contributed by atoms with E-state index in [9.17, 15) is 9.59 Å². The Hall–Kier alpha value is -2.29. The summed E-state index contributed by atoms with van der Waals surface area (Å²) < 4.78 is 0. The second-order valence-electron chi connectivity index (χ2n) is 6.51. The first-order chi connectivity index (χ1) is 12.7. The van der Waals surface area contributed by atoms with Crippen LogP contribution < -0.4 is 10.9 Å². The van der Waals surface area contributed by atoms with Crippen molar-refractivity contribution in [2.45, 2.75) is 18.5 Å². The van der Waals surface area contributed by atoms with Crippen molar-refractivity contribution in [1.82, 2.24) is 25.6 Å². The van der Waals surface area contributed by atoms with Crippen molar-refractivity contribution in [2.75, 3.05) is 26.2 Å².